The number of rotatable bonds is 1. The van der Waals surface area contributed by atoms with Gasteiger partial charge in [-0.1, -0.05) is 25.1 Å². The Bertz CT molecular complexity index is 470. The Morgan fingerprint density at radius 1 is 1.28 bits per heavy atom. The van der Waals surface area contributed by atoms with Gasteiger partial charge in [-0.15, -0.1) is 0 Å². The maximum Gasteiger partial charge on any atom is 0.0941 e. The molecule has 2 aliphatic heterocycles. The minimum atomic E-state index is 0.141. The van der Waals surface area contributed by atoms with Gasteiger partial charge in [0.2, 0.25) is 0 Å². The minimum Gasteiger partial charge on any atom is -0.366 e. The summed E-state index contributed by atoms with van der Waals surface area (Å²) < 4.78 is 5.96. The molecule has 1 aliphatic carbocycles. The number of benzene rings is 1. The Morgan fingerprint density at radius 2 is 2.17 bits per heavy atom. The molecular weight excluding hydrogens is 222 g/mol. The molecule has 0 bridgehead atoms. The van der Waals surface area contributed by atoms with Gasteiger partial charge in [0.15, 0.2) is 0 Å². The van der Waals surface area contributed by atoms with Crippen LogP contribution in [0.4, 0.5) is 0 Å². The summed E-state index contributed by atoms with van der Waals surface area (Å²) in [4.78, 5) is 0. The van der Waals surface area contributed by atoms with Crippen LogP contribution >= 0.6 is 0 Å². The van der Waals surface area contributed by atoms with Crippen LogP contribution in [-0.4, -0.2) is 6.54 Å². The Balaban J connectivity index is 1.60. The van der Waals surface area contributed by atoms with Crippen molar-refractivity contribution in [1.29, 1.82) is 0 Å². The third-order valence-electron chi connectivity index (χ3n) is 4.89. The fourth-order valence-electron chi connectivity index (χ4n) is 3.50. The average molecular weight is 243 g/mol. The molecule has 1 saturated heterocycles. The number of hydrogen-bond donors (Lipinski definition) is 1. The zero-order chi connectivity index (χ0) is 12.2. The molecule has 2 nitrogen and oxygen atoms in total. The SMILES string of the molecule is CC1CCC(c2ccc3c(c2)COC32CC2)NC1. The van der Waals surface area contributed by atoms with E-state index in [1.54, 1.807) is 0 Å². The molecule has 2 heterocycles. The lowest BCUT2D eigenvalue weighted by atomic mass is 9.90. The summed E-state index contributed by atoms with van der Waals surface area (Å²) in [5.74, 6) is 0.828. The van der Waals surface area contributed by atoms with E-state index in [4.69, 9.17) is 4.74 Å². The van der Waals surface area contributed by atoms with Crippen molar-refractivity contribution < 1.29 is 4.74 Å². The third-order valence-corrected chi connectivity index (χ3v) is 4.89. The molecule has 2 fully saturated rings. The first kappa shape index (κ1) is 11.0. The van der Waals surface area contributed by atoms with Gasteiger partial charge in [-0.3, -0.25) is 0 Å². The first-order chi connectivity index (χ1) is 8.77. The highest BCUT2D eigenvalue weighted by Gasteiger charge is 2.50. The second-order valence-corrected chi connectivity index (χ2v) is 6.34. The molecule has 0 radical (unpaired) electrons. The zero-order valence-corrected chi connectivity index (χ0v) is 11.0. The molecule has 2 heteroatoms. The number of fused-ring (bicyclic) bond motifs is 2. The molecule has 1 N–H and O–H groups in total. The van der Waals surface area contributed by atoms with Crippen LogP contribution in [0.1, 0.15) is 55.3 Å². The van der Waals surface area contributed by atoms with Crippen LogP contribution in [0.5, 0.6) is 0 Å². The monoisotopic (exact) mass is 243 g/mol. The van der Waals surface area contributed by atoms with E-state index in [1.165, 1.54) is 42.4 Å². The van der Waals surface area contributed by atoms with Gasteiger partial charge in [-0.25, -0.2) is 0 Å². The standard InChI is InChI=1S/C16H21NO/c1-11-2-5-15(17-9-11)12-3-4-14-13(8-12)10-18-16(14)6-7-16/h3-4,8,11,15,17H,2,5-7,9-10H2,1H3. The van der Waals surface area contributed by atoms with E-state index in [-0.39, 0.29) is 5.60 Å². The topological polar surface area (TPSA) is 21.3 Å². The highest BCUT2D eigenvalue weighted by molar-refractivity contribution is 5.42. The molecule has 18 heavy (non-hydrogen) atoms. The van der Waals surface area contributed by atoms with Gasteiger partial charge < -0.3 is 10.1 Å². The van der Waals surface area contributed by atoms with Crippen molar-refractivity contribution in [3.05, 3.63) is 34.9 Å². The Hall–Kier alpha value is -0.860. The Labute approximate surface area is 109 Å². The lowest BCUT2D eigenvalue weighted by Gasteiger charge is -2.28. The first-order valence-electron chi connectivity index (χ1n) is 7.27. The summed E-state index contributed by atoms with van der Waals surface area (Å²) in [6.45, 7) is 4.31. The quantitative estimate of drug-likeness (QED) is 0.817. The maximum atomic E-state index is 5.96. The van der Waals surface area contributed by atoms with Crippen molar-refractivity contribution in [2.24, 2.45) is 5.92 Å². The zero-order valence-electron chi connectivity index (χ0n) is 11.0. The van der Waals surface area contributed by atoms with Crippen molar-refractivity contribution in [2.75, 3.05) is 6.54 Å². The molecule has 1 aromatic rings. The number of piperidine rings is 1. The van der Waals surface area contributed by atoms with Crippen molar-refractivity contribution in [3.8, 4) is 0 Å². The minimum absolute atomic E-state index is 0.141. The Kier molecular flexibility index (Phi) is 2.33. The van der Waals surface area contributed by atoms with E-state index < -0.39 is 0 Å². The van der Waals surface area contributed by atoms with E-state index in [1.807, 2.05) is 0 Å². The number of nitrogens with one attached hydrogen (secondary N) is 1. The summed E-state index contributed by atoms with van der Waals surface area (Å²) in [7, 11) is 0. The van der Waals surface area contributed by atoms with Crippen LogP contribution in [0.25, 0.3) is 0 Å². The van der Waals surface area contributed by atoms with Crippen LogP contribution < -0.4 is 5.32 Å². The lowest BCUT2D eigenvalue weighted by Crippen LogP contribution is -2.31. The fraction of sp³-hybridized carbons (Fsp3) is 0.625. The largest absolute Gasteiger partial charge is 0.366 e. The van der Waals surface area contributed by atoms with E-state index in [9.17, 15) is 0 Å². The summed E-state index contributed by atoms with van der Waals surface area (Å²) in [6, 6.07) is 7.59. The molecule has 0 aromatic heterocycles. The molecule has 1 spiro atoms. The average Bonchev–Trinajstić information content (AvgIpc) is 3.09. The highest BCUT2D eigenvalue weighted by Crippen LogP contribution is 2.54. The predicted molar refractivity (Wildman–Crippen MR) is 71.3 cm³/mol. The molecule has 2 unspecified atom stereocenters. The van der Waals surface area contributed by atoms with E-state index >= 15 is 0 Å². The predicted octanol–water partition coefficient (Wildman–Crippen LogP) is 3.27. The summed E-state index contributed by atoms with van der Waals surface area (Å²) in [5.41, 5.74) is 4.50. The van der Waals surface area contributed by atoms with Gasteiger partial charge in [0, 0.05) is 6.04 Å². The van der Waals surface area contributed by atoms with Gasteiger partial charge in [-0.05, 0) is 54.8 Å². The molecule has 2 atom stereocenters. The van der Waals surface area contributed by atoms with Crippen LogP contribution in [0.15, 0.2) is 18.2 Å². The summed E-state index contributed by atoms with van der Waals surface area (Å²) in [5, 5.41) is 3.67. The maximum absolute atomic E-state index is 5.96. The third kappa shape index (κ3) is 1.63. The van der Waals surface area contributed by atoms with Crippen molar-refractivity contribution >= 4 is 0 Å². The lowest BCUT2D eigenvalue weighted by molar-refractivity contribution is 0.0442. The van der Waals surface area contributed by atoms with Gasteiger partial charge in [0.25, 0.3) is 0 Å². The molecule has 1 aromatic carbocycles. The van der Waals surface area contributed by atoms with E-state index in [0.717, 1.165) is 19.1 Å². The summed E-state index contributed by atoms with van der Waals surface area (Å²) >= 11 is 0. The smallest absolute Gasteiger partial charge is 0.0941 e. The van der Waals surface area contributed by atoms with Crippen molar-refractivity contribution in [2.45, 2.75) is 50.9 Å². The Morgan fingerprint density at radius 3 is 2.89 bits per heavy atom. The van der Waals surface area contributed by atoms with E-state index in [0.29, 0.717) is 6.04 Å². The molecule has 1 saturated carbocycles. The second-order valence-electron chi connectivity index (χ2n) is 6.34. The van der Waals surface area contributed by atoms with Crippen LogP contribution in [0, 0.1) is 5.92 Å². The second kappa shape index (κ2) is 3.82. The highest BCUT2D eigenvalue weighted by atomic mass is 16.5. The summed E-state index contributed by atoms with van der Waals surface area (Å²) in [6.07, 6.45) is 5.05. The van der Waals surface area contributed by atoms with Gasteiger partial charge >= 0.3 is 0 Å². The molecule has 4 rings (SSSR count). The van der Waals surface area contributed by atoms with Crippen LogP contribution in [0.2, 0.25) is 0 Å². The fourth-order valence-corrected chi connectivity index (χ4v) is 3.50. The number of ether oxygens (including phenoxy) is 1. The molecule has 96 valence electrons. The van der Waals surface area contributed by atoms with Crippen LogP contribution in [-0.2, 0) is 16.9 Å². The molecular formula is C16H21NO. The van der Waals surface area contributed by atoms with Crippen LogP contribution in [0.3, 0.4) is 0 Å². The van der Waals surface area contributed by atoms with E-state index in [2.05, 4.69) is 30.4 Å². The van der Waals surface area contributed by atoms with Gasteiger partial charge in [0.05, 0.1) is 12.2 Å². The molecule has 3 aliphatic rings. The van der Waals surface area contributed by atoms with Crippen molar-refractivity contribution in [1.82, 2.24) is 5.32 Å². The normalized spacial score (nSPS) is 32.5. The molecule has 0 amide bonds. The van der Waals surface area contributed by atoms with Gasteiger partial charge in [0.1, 0.15) is 0 Å². The van der Waals surface area contributed by atoms with Crippen molar-refractivity contribution in [3.63, 3.8) is 0 Å². The first-order valence-corrected chi connectivity index (χ1v) is 7.27. The van der Waals surface area contributed by atoms with Gasteiger partial charge in [-0.2, -0.15) is 0 Å². The number of hydrogen-bond acceptors (Lipinski definition) is 2.